The van der Waals surface area contributed by atoms with Gasteiger partial charge in [0.1, 0.15) is 11.6 Å². The molecular formula is C14H18FN3O2. The molecule has 1 aromatic heterocycles. The second-order valence-corrected chi connectivity index (χ2v) is 4.96. The van der Waals surface area contributed by atoms with Crippen LogP contribution in [0, 0.1) is 5.82 Å². The van der Waals surface area contributed by atoms with Gasteiger partial charge >= 0.3 is 0 Å². The van der Waals surface area contributed by atoms with Crippen LogP contribution in [0.3, 0.4) is 0 Å². The standard InChI is InChI=1S/C14H18FN3O2/c1-8(2)14-17-13(18-20-14)7-19-10-4-5-11(9(3)16)12(15)6-10/h4-6,8-9H,7,16H2,1-3H3/t9-/m0/s1. The number of nitrogens with two attached hydrogens (primary N) is 1. The molecule has 0 fully saturated rings. The van der Waals surface area contributed by atoms with Crippen molar-refractivity contribution < 1.29 is 13.7 Å². The van der Waals surface area contributed by atoms with E-state index in [1.165, 1.54) is 6.07 Å². The molecule has 5 nitrogen and oxygen atoms in total. The largest absolute Gasteiger partial charge is 0.485 e. The maximum Gasteiger partial charge on any atom is 0.229 e. The summed E-state index contributed by atoms with van der Waals surface area (Å²) in [5.74, 6) is 1.18. The Hall–Kier alpha value is -1.95. The zero-order chi connectivity index (χ0) is 14.7. The van der Waals surface area contributed by atoms with Gasteiger partial charge in [0.2, 0.25) is 11.7 Å². The van der Waals surface area contributed by atoms with Gasteiger partial charge in [-0.3, -0.25) is 0 Å². The van der Waals surface area contributed by atoms with Gasteiger partial charge in [0.15, 0.2) is 6.61 Å². The lowest BCUT2D eigenvalue weighted by atomic mass is 10.1. The number of rotatable bonds is 5. The Morgan fingerprint density at radius 2 is 2.10 bits per heavy atom. The molecule has 6 heteroatoms. The van der Waals surface area contributed by atoms with Crippen molar-refractivity contribution in [3.63, 3.8) is 0 Å². The average Bonchev–Trinajstić information content (AvgIpc) is 2.85. The Kier molecular flexibility index (Phi) is 4.34. The van der Waals surface area contributed by atoms with Crippen LogP contribution in [0.15, 0.2) is 22.7 Å². The molecule has 1 aromatic carbocycles. The molecule has 0 spiro atoms. The molecular weight excluding hydrogens is 261 g/mol. The highest BCUT2D eigenvalue weighted by Gasteiger charge is 2.11. The molecule has 0 aliphatic heterocycles. The summed E-state index contributed by atoms with van der Waals surface area (Å²) < 4.78 is 24.2. The van der Waals surface area contributed by atoms with Crippen LogP contribution >= 0.6 is 0 Å². The molecule has 0 saturated heterocycles. The summed E-state index contributed by atoms with van der Waals surface area (Å²) in [6, 6.07) is 4.24. The summed E-state index contributed by atoms with van der Waals surface area (Å²) in [5.41, 5.74) is 6.10. The Morgan fingerprint density at radius 3 is 2.65 bits per heavy atom. The van der Waals surface area contributed by atoms with Crippen molar-refractivity contribution in [3.05, 3.63) is 41.3 Å². The Bertz CT molecular complexity index is 582. The zero-order valence-electron chi connectivity index (χ0n) is 11.8. The number of benzene rings is 1. The van der Waals surface area contributed by atoms with Crippen LogP contribution in [0.5, 0.6) is 5.75 Å². The highest BCUT2D eigenvalue weighted by Crippen LogP contribution is 2.21. The number of halogens is 1. The quantitative estimate of drug-likeness (QED) is 0.910. The van der Waals surface area contributed by atoms with Crippen molar-refractivity contribution in [2.75, 3.05) is 0 Å². The minimum atomic E-state index is -0.381. The molecule has 0 unspecified atom stereocenters. The molecule has 0 bridgehead atoms. The first-order chi connectivity index (χ1) is 9.47. The van der Waals surface area contributed by atoms with Gasteiger partial charge in [-0.2, -0.15) is 4.98 Å². The molecule has 2 aromatic rings. The minimum Gasteiger partial charge on any atom is -0.485 e. The highest BCUT2D eigenvalue weighted by molar-refractivity contribution is 5.30. The van der Waals surface area contributed by atoms with E-state index in [-0.39, 0.29) is 24.4 Å². The Labute approximate surface area is 116 Å². The van der Waals surface area contributed by atoms with Crippen LogP contribution in [-0.4, -0.2) is 10.1 Å². The van der Waals surface area contributed by atoms with Gasteiger partial charge in [-0.15, -0.1) is 0 Å². The minimum absolute atomic E-state index is 0.132. The summed E-state index contributed by atoms with van der Waals surface area (Å²) >= 11 is 0. The van der Waals surface area contributed by atoms with Crippen LogP contribution in [0.1, 0.15) is 50.0 Å². The number of ether oxygens (including phenoxy) is 1. The van der Waals surface area contributed by atoms with Gasteiger partial charge in [-0.05, 0) is 13.0 Å². The second kappa shape index (κ2) is 6.00. The molecule has 2 N–H and O–H groups in total. The maximum atomic E-state index is 13.7. The summed E-state index contributed by atoms with van der Waals surface area (Å²) in [6.45, 7) is 5.78. The van der Waals surface area contributed by atoms with E-state index in [0.29, 0.717) is 23.0 Å². The summed E-state index contributed by atoms with van der Waals surface area (Å²) in [7, 11) is 0. The molecule has 1 atom stereocenters. The molecule has 0 aliphatic carbocycles. The van der Waals surface area contributed by atoms with E-state index >= 15 is 0 Å². The maximum absolute atomic E-state index is 13.7. The smallest absolute Gasteiger partial charge is 0.229 e. The van der Waals surface area contributed by atoms with Gasteiger partial charge < -0.3 is 15.0 Å². The third kappa shape index (κ3) is 3.33. The van der Waals surface area contributed by atoms with Gasteiger partial charge in [0, 0.05) is 23.6 Å². The summed E-state index contributed by atoms with van der Waals surface area (Å²) in [6.07, 6.45) is 0. The second-order valence-electron chi connectivity index (χ2n) is 4.96. The predicted octanol–water partition coefficient (Wildman–Crippen LogP) is 2.93. The van der Waals surface area contributed by atoms with Crippen LogP contribution < -0.4 is 10.5 Å². The van der Waals surface area contributed by atoms with Crippen molar-refractivity contribution in [2.24, 2.45) is 5.73 Å². The lowest BCUT2D eigenvalue weighted by molar-refractivity contribution is 0.283. The molecule has 0 amide bonds. The van der Waals surface area contributed by atoms with Crippen LogP contribution in [0.25, 0.3) is 0 Å². The molecule has 0 aliphatic rings. The van der Waals surface area contributed by atoms with E-state index in [2.05, 4.69) is 10.1 Å². The molecule has 0 radical (unpaired) electrons. The van der Waals surface area contributed by atoms with E-state index in [9.17, 15) is 4.39 Å². The highest BCUT2D eigenvalue weighted by atomic mass is 19.1. The molecule has 20 heavy (non-hydrogen) atoms. The van der Waals surface area contributed by atoms with Crippen molar-refractivity contribution in [3.8, 4) is 5.75 Å². The van der Waals surface area contributed by atoms with Crippen molar-refractivity contribution in [2.45, 2.75) is 39.3 Å². The Balaban J connectivity index is 2.01. The number of nitrogens with zero attached hydrogens (tertiary/aromatic N) is 2. The third-order valence-electron chi connectivity index (χ3n) is 2.81. The van der Waals surface area contributed by atoms with Crippen LogP contribution in [0.4, 0.5) is 4.39 Å². The number of hydrogen-bond donors (Lipinski definition) is 1. The van der Waals surface area contributed by atoms with Crippen LogP contribution in [-0.2, 0) is 6.61 Å². The van der Waals surface area contributed by atoms with E-state index in [0.717, 1.165) is 0 Å². The van der Waals surface area contributed by atoms with Crippen molar-refractivity contribution >= 4 is 0 Å². The number of aromatic nitrogens is 2. The first-order valence-corrected chi connectivity index (χ1v) is 6.47. The molecule has 0 saturated carbocycles. The monoisotopic (exact) mass is 279 g/mol. The SMILES string of the molecule is CC(C)c1nc(COc2ccc([C@H](C)N)c(F)c2)no1. The van der Waals surface area contributed by atoms with Gasteiger partial charge in [-0.25, -0.2) is 4.39 Å². The predicted molar refractivity (Wildman–Crippen MR) is 71.7 cm³/mol. The van der Waals surface area contributed by atoms with Crippen molar-refractivity contribution in [1.82, 2.24) is 10.1 Å². The van der Waals surface area contributed by atoms with Gasteiger partial charge in [0.05, 0.1) is 0 Å². The first kappa shape index (κ1) is 14.5. The zero-order valence-corrected chi connectivity index (χ0v) is 11.8. The van der Waals surface area contributed by atoms with Gasteiger partial charge in [-0.1, -0.05) is 25.1 Å². The average molecular weight is 279 g/mol. The van der Waals surface area contributed by atoms with Gasteiger partial charge in [0.25, 0.3) is 0 Å². The third-order valence-corrected chi connectivity index (χ3v) is 2.81. The normalized spacial score (nSPS) is 12.7. The first-order valence-electron chi connectivity index (χ1n) is 6.47. The fourth-order valence-corrected chi connectivity index (χ4v) is 1.68. The summed E-state index contributed by atoms with van der Waals surface area (Å²) in [5, 5.41) is 3.80. The lowest BCUT2D eigenvalue weighted by Crippen LogP contribution is -2.07. The fourth-order valence-electron chi connectivity index (χ4n) is 1.68. The topological polar surface area (TPSA) is 74.2 Å². The lowest BCUT2D eigenvalue weighted by Gasteiger charge is -2.09. The Morgan fingerprint density at radius 1 is 1.35 bits per heavy atom. The molecule has 2 rings (SSSR count). The number of hydrogen-bond acceptors (Lipinski definition) is 5. The fraction of sp³-hybridized carbons (Fsp3) is 0.429. The van der Waals surface area contributed by atoms with E-state index in [1.807, 2.05) is 13.8 Å². The van der Waals surface area contributed by atoms with Crippen molar-refractivity contribution in [1.29, 1.82) is 0 Å². The van der Waals surface area contributed by atoms with Crippen LogP contribution in [0.2, 0.25) is 0 Å². The van der Waals surface area contributed by atoms with E-state index < -0.39 is 0 Å². The molecule has 1 heterocycles. The molecule has 108 valence electrons. The van der Waals surface area contributed by atoms with E-state index in [1.54, 1.807) is 19.1 Å². The summed E-state index contributed by atoms with van der Waals surface area (Å²) in [4.78, 5) is 4.18. The van der Waals surface area contributed by atoms with E-state index in [4.69, 9.17) is 15.0 Å².